The summed E-state index contributed by atoms with van der Waals surface area (Å²) in [5, 5.41) is 5.68. The quantitative estimate of drug-likeness (QED) is 0.698. The third-order valence-electron chi connectivity index (χ3n) is 6.44. The van der Waals surface area contributed by atoms with E-state index < -0.39 is 23.5 Å². The van der Waals surface area contributed by atoms with E-state index in [1.807, 2.05) is 0 Å². The lowest BCUT2D eigenvalue weighted by molar-refractivity contribution is -0.173. The summed E-state index contributed by atoms with van der Waals surface area (Å²) in [5.74, 6) is -3.80. The summed E-state index contributed by atoms with van der Waals surface area (Å²) in [6, 6.07) is 12.8. The fourth-order valence-electron chi connectivity index (χ4n) is 4.78. The zero-order valence-electron chi connectivity index (χ0n) is 17.2. The second kappa shape index (κ2) is 8.44. The van der Waals surface area contributed by atoms with Crippen LogP contribution in [0.5, 0.6) is 0 Å². The van der Waals surface area contributed by atoms with Crippen molar-refractivity contribution in [3.05, 3.63) is 71.5 Å². The van der Waals surface area contributed by atoms with Crippen LogP contribution in [0.2, 0.25) is 0 Å². The van der Waals surface area contributed by atoms with Gasteiger partial charge in [0.15, 0.2) is 5.92 Å². The number of rotatable bonds is 3. The number of piperidine rings is 1. The number of alkyl halides is 3. The summed E-state index contributed by atoms with van der Waals surface area (Å²) in [6.45, 7) is 0.479. The summed E-state index contributed by atoms with van der Waals surface area (Å²) >= 11 is 0. The molecule has 1 spiro atoms. The Morgan fingerprint density at radius 1 is 1.03 bits per heavy atom. The molecule has 170 valence electrons. The molecule has 2 aliphatic rings. The molecule has 0 aromatic heterocycles. The SMILES string of the molecule is O=C1NCC(c2ccc(F)cc2)C2(CCN(C(=O)C(c3ccccc3)C(F)(F)F)CC2)N1. The Labute approximate surface area is 182 Å². The van der Waals surface area contributed by atoms with E-state index in [1.54, 1.807) is 18.2 Å². The van der Waals surface area contributed by atoms with E-state index in [0.29, 0.717) is 19.4 Å². The van der Waals surface area contributed by atoms with Gasteiger partial charge in [0.2, 0.25) is 5.91 Å². The molecule has 2 aromatic rings. The summed E-state index contributed by atoms with van der Waals surface area (Å²) in [6.07, 6.45) is -4.12. The highest BCUT2D eigenvalue weighted by Crippen LogP contribution is 2.41. The first-order chi connectivity index (χ1) is 15.2. The van der Waals surface area contributed by atoms with Crippen molar-refractivity contribution in [2.24, 2.45) is 0 Å². The van der Waals surface area contributed by atoms with Gasteiger partial charge in [-0.2, -0.15) is 13.2 Å². The Balaban J connectivity index is 1.55. The molecule has 2 heterocycles. The standard InChI is InChI=1S/C23H23F4N3O2/c24-17-8-6-15(7-9-17)18-14-28-21(32)29-22(18)10-12-30(13-11-22)20(31)19(23(25,26)27)16-4-2-1-3-5-16/h1-9,18-19H,10-14H2,(H2,28,29,32). The van der Waals surface area contributed by atoms with Crippen molar-refractivity contribution in [3.8, 4) is 0 Å². The predicted octanol–water partition coefficient (Wildman–Crippen LogP) is 3.93. The van der Waals surface area contributed by atoms with Crippen LogP contribution in [0.1, 0.15) is 35.8 Å². The van der Waals surface area contributed by atoms with E-state index in [1.165, 1.54) is 41.3 Å². The molecule has 2 saturated heterocycles. The van der Waals surface area contributed by atoms with Gasteiger partial charge in [0.25, 0.3) is 0 Å². The van der Waals surface area contributed by atoms with E-state index in [4.69, 9.17) is 0 Å². The molecule has 2 unspecified atom stereocenters. The molecule has 32 heavy (non-hydrogen) atoms. The van der Waals surface area contributed by atoms with Gasteiger partial charge in [-0.15, -0.1) is 0 Å². The Morgan fingerprint density at radius 2 is 1.66 bits per heavy atom. The highest BCUT2D eigenvalue weighted by atomic mass is 19.4. The first-order valence-corrected chi connectivity index (χ1v) is 10.4. The van der Waals surface area contributed by atoms with E-state index in [0.717, 1.165) is 5.56 Å². The van der Waals surface area contributed by atoms with E-state index in [9.17, 15) is 27.2 Å². The Kier molecular flexibility index (Phi) is 5.83. The van der Waals surface area contributed by atoms with E-state index >= 15 is 0 Å². The number of carbonyl (C=O) groups is 2. The van der Waals surface area contributed by atoms with Crippen molar-refractivity contribution < 1.29 is 27.2 Å². The summed E-state index contributed by atoms with van der Waals surface area (Å²) in [7, 11) is 0. The number of amides is 3. The topological polar surface area (TPSA) is 61.4 Å². The molecule has 0 bridgehead atoms. The molecule has 0 aliphatic carbocycles. The number of nitrogens with one attached hydrogen (secondary N) is 2. The van der Waals surface area contributed by atoms with Crippen LogP contribution in [0, 0.1) is 5.82 Å². The van der Waals surface area contributed by atoms with Gasteiger partial charge in [-0.1, -0.05) is 42.5 Å². The molecule has 2 atom stereocenters. The van der Waals surface area contributed by atoms with Crippen LogP contribution in [-0.4, -0.2) is 48.2 Å². The number of hydrogen-bond acceptors (Lipinski definition) is 2. The fraction of sp³-hybridized carbons (Fsp3) is 0.391. The molecule has 2 fully saturated rings. The van der Waals surface area contributed by atoms with Gasteiger partial charge in [-0.3, -0.25) is 4.79 Å². The van der Waals surface area contributed by atoms with Crippen LogP contribution >= 0.6 is 0 Å². The highest BCUT2D eigenvalue weighted by Gasteiger charge is 2.51. The average molecular weight is 449 g/mol. The second-order valence-corrected chi connectivity index (χ2v) is 8.31. The predicted molar refractivity (Wildman–Crippen MR) is 109 cm³/mol. The third kappa shape index (κ3) is 4.28. The molecule has 2 aliphatic heterocycles. The van der Waals surface area contributed by atoms with Gasteiger partial charge in [-0.25, -0.2) is 9.18 Å². The van der Waals surface area contributed by atoms with Crippen LogP contribution in [0.25, 0.3) is 0 Å². The molecule has 0 radical (unpaired) electrons. The lowest BCUT2D eigenvalue weighted by Crippen LogP contribution is -2.66. The summed E-state index contributed by atoms with van der Waals surface area (Å²) in [4.78, 5) is 26.3. The fourth-order valence-corrected chi connectivity index (χ4v) is 4.78. The highest BCUT2D eigenvalue weighted by molar-refractivity contribution is 5.85. The summed E-state index contributed by atoms with van der Waals surface area (Å²) < 4.78 is 54.7. The van der Waals surface area contributed by atoms with Crippen molar-refractivity contribution in [2.75, 3.05) is 19.6 Å². The number of likely N-dealkylation sites (tertiary alicyclic amines) is 1. The van der Waals surface area contributed by atoms with Crippen molar-refractivity contribution in [2.45, 2.75) is 36.4 Å². The minimum absolute atomic E-state index is 0.0796. The Hall–Kier alpha value is -3.10. The first kappa shape index (κ1) is 22.1. The normalized spacial score (nSPS) is 21.6. The minimum atomic E-state index is -4.72. The number of carbonyl (C=O) groups excluding carboxylic acids is 2. The number of nitrogens with zero attached hydrogens (tertiary/aromatic N) is 1. The maximum atomic E-state index is 13.8. The molecule has 5 nitrogen and oxygen atoms in total. The van der Waals surface area contributed by atoms with Gasteiger partial charge >= 0.3 is 12.2 Å². The molecule has 2 N–H and O–H groups in total. The number of hydrogen-bond donors (Lipinski definition) is 2. The van der Waals surface area contributed by atoms with Crippen LogP contribution in [0.3, 0.4) is 0 Å². The third-order valence-corrected chi connectivity index (χ3v) is 6.44. The Bertz CT molecular complexity index is 971. The number of urea groups is 1. The van der Waals surface area contributed by atoms with Crippen LogP contribution < -0.4 is 10.6 Å². The maximum Gasteiger partial charge on any atom is 0.404 e. The van der Waals surface area contributed by atoms with Crippen LogP contribution in [-0.2, 0) is 4.79 Å². The van der Waals surface area contributed by atoms with Crippen molar-refractivity contribution in [1.29, 1.82) is 0 Å². The Morgan fingerprint density at radius 3 is 2.25 bits per heavy atom. The van der Waals surface area contributed by atoms with Crippen LogP contribution in [0.4, 0.5) is 22.4 Å². The molecule has 2 aromatic carbocycles. The van der Waals surface area contributed by atoms with Crippen LogP contribution in [0.15, 0.2) is 54.6 Å². The van der Waals surface area contributed by atoms with Crippen molar-refractivity contribution in [1.82, 2.24) is 15.5 Å². The van der Waals surface area contributed by atoms with Crippen molar-refractivity contribution >= 4 is 11.9 Å². The monoisotopic (exact) mass is 449 g/mol. The zero-order valence-corrected chi connectivity index (χ0v) is 17.2. The average Bonchev–Trinajstić information content (AvgIpc) is 2.75. The van der Waals surface area contributed by atoms with Gasteiger partial charge in [0.1, 0.15) is 5.82 Å². The van der Waals surface area contributed by atoms with Gasteiger partial charge in [0, 0.05) is 25.6 Å². The van der Waals surface area contributed by atoms with E-state index in [2.05, 4.69) is 10.6 Å². The molecular formula is C23H23F4N3O2. The largest absolute Gasteiger partial charge is 0.404 e. The summed E-state index contributed by atoms with van der Waals surface area (Å²) in [5.41, 5.74) is -0.00184. The van der Waals surface area contributed by atoms with Crippen molar-refractivity contribution in [3.63, 3.8) is 0 Å². The van der Waals surface area contributed by atoms with Gasteiger partial charge < -0.3 is 15.5 Å². The van der Waals surface area contributed by atoms with Gasteiger partial charge in [-0.05, 0) is 36.1 Å². The van der Waals surface area contributed by atoms with E-state index in [-0.39, 0.29) is 36.4 Å². The first-order valence-electron chi connectivity index (χ1n) is 10.4. The molecule has 4 rings (SSSR count). The molecule has 3 amide bonds. The molecule has 9 heteroatoms. The van der Waals surface area contributed by atoms with Gasteiger partial charge in [0.05, 0.1) is 5.54 Å². The maximum absolute atomic E-state index is 13.8. The molecular weight excluding hydrogens is 426 g/mol. The lowest BCUT2D eigenvalue weighted by Gasteiger charge is -2.50. The number of halogens is 4. The second-order valence-electron chi connectivity index (χ2n) is 8.31. The lowest BCUT2D eigenvalue weighted by atomic mass is 9.71. The zero-order chi connectivity index (χ0) is 22.9. The smallest absolute Gasteiger partial charge is 0.342 e. The molecule has 0 saturated carbocycles. The number of benzene rings is 2. The minimum Gasteiger partial charge on any atom is -0.342 e.